The van der Waals surface area contributed by atoms with Gasteiger partial charge in [-0.15, -0.1) is 35.1 Å². The van der Waals surface area contributed by atoms with E-state index in [1.807, 2.05) is 30.3 Å². The van der Waals surface area contributed by atoms with Crippen LogP contribution in [-0.2, 0) is 0 Å². The SMILES string of the molecule is Cl.NC1CCC(NC(=O)c2ccc(-c3nc4ccccc4s3)s2)CC1. The van der Waals surface area contributed by atoms with E-state index in [4.69, 9.17) is 5.73 Å². The topological polar surface area (TPSA) is 68.0 Å². The lowest BCUT2D eigenvalue weighted by atomic mass is 9.92. The number of hydrogen-bond acceptors (Lipinski definition) is 5. The number of fused-ring (bicyclic) bond motifs is 1. The monoisotopic (exact) mass is 393 g/mol. The highest BCUT2D eigenvalue weighted by Gasteiger charge is 2.21. The van der Waals surface area contributed by atoms with Crippen LogP contribution < -0.4 is 11.1 Å². The summed E-state index contributed by atoms with van der Waals surface area (Å²) in [5.74, 6) is 0.0211. The van der Waals surface area contributed by atoms with Crippen molar-refractivity contribution in [3.8, 4) is 9.88 Å². The van der Waals surface area contributed by atoms with Gasteiger partial charge < -0.3 is 11.1 Å². The van der Waals surface area contributed by atoms with Crippen molar-refractivity contribution in [2.24, 2.45) is 5.73 Å². The van der Waals surface area contributed by atoms with Gasteiger partial charge in [0.05, 0.1) is 20.0 Å². The van der Waals surface area contributed by atoms with Crippen LogP contribution in [0.2, 0.25) is 0 Å². The van der Waals surface area contributed by atoms with E-state index in [1.165, 1.54) is 16.0 Å². The Kier molecular flexibility index (Phi) is 5.74. The maximum atomic E-state index is 12.5. The second kappa shape index (κ2) is 7.83. The van der Waals surface area contributed by atoms with Crippen LogP contribution in [-0.4, -0.2) is 23.0 Å². The number of nitrogens with one attached hydrogen (secondary N) is 1. The lowest BCUT2D eigenvalue weighted by Gasteiger charge is -2.26. The van der Waals surface area contributed by atoms with E-state index < -0.39 is 0 Å². The van der Waals surface area contributed by atoms with E-state index in [0.29, 0.717) is 6.04 Å². The Bertz CT molecular complexity index is 835. The Hall–Kier alpha value is -1.47. The minimum atomic E-state index is 0. The lowest BCUT2D eigenvalue weighted by Crippen LogP contribution is -2.40. The summed E-state index contributed by atoms with van der Waals surface area (Å²) in [6.45, 7) is 0. The third kappa shape index (κ3) is 4.03. The van der Waals surface area contributed by atoms with Gasteiger partial charge >= 0.3 is 0 Å². The first kappa shape index (κ1) is 18.3. The molecule has 1 aliphatic carbocycles. The molecule has 25 heavy (non-hydrogen) atoms. The molecule has 3 aromatic rings. The molecule has 132 valence electrons. The Morgan fingerprint density at radius 2 is 1.84 bits per heavy atom. The van der Waals surface area contributed by atoms with E-state index in [-0.39, 0.29) is 24.4 Å². The van der Waals surface area contributed by atoms with Gasteiger partial charge in [-0.05, 0) is 49.9 Å². The first-order valence-electron chi connectivity index (χ1n) is 8.21. The number of benzene rings is 1. The summed E-state index contributed by atoms with van der Waals surface area (Å²) in [5, 5.41) is 4.12. The number of nitrogens with zero attached hydrogens (tertiary/aromatic N) is 1. The number of halogens is 1. The Morgan fingerprint density at radius 3 is 2.60 bits per heavy atom. The number of thiophene rings is 1. The maximum Gasteiger partial charge on any atom is 0.261 e. The summed E-state index contributed by atoms with van der Waals surface area (Å²) in [7, 11) is 0. The van der Waals surface area contributed by atoms with Gasteiger partial charge in [-0.3, -0.25) is 4.79 Å². The van der Waals surface area contributed by atoms with Gasteiger partial charge in [0, 0.05) is 12.1 Å². The molecule has 2 heterocycles. The van der Waals surface area contributed by atoms with Gasteiger partial charge in [-0.2, -0.15) is 0 Å². The molecule has 0 atom stereocenters. The molecule has 1 fully saturated rings. The lowest BCUT2D eigenvalue weighted by molar-refractivity contribution is 0.0930. The highest BCUT2D eigenvalue weighted by Crippen LogP contribution is 2.34. The molecule has 0 saturated heterocycles. The molecular weight excluding hydrogens is 374 g/mol. The van der Waals surface area contributed by atoms with Gasteiger partial charge in [0.1, 0.15) is 5.01 Å². The van der Waals surface area contributed by atoms with Crippen LogP contribution >= 0.6 is 35.1 Å². The van der Waals surface area contributed by atoms with E-state index in [0.717, 1.165) is 46.0 Å². The molecule has 0 unspecified atom stereocenters. The van der Waals surface area contributed by atoms with Crippen molar-refractivity contribution in [1.29, 1.82) is 0 Å². The quantitative estimate of drug-likeness (QED) is 0.690. The third-order valence-electron chi connectivity index (χ3n) is 4.44. The van der Waals surface area contributed by atoms with E-state index in [2.05, 4.69) is 16.4 Å². The molecular formula is C18H20ClN3OS2. The second-order valence-corrected chi connectivity index (χ2v) is 8.35. The molecule has 4 rings (SSSR count). The number of carbonyl (C=O) groups is 1. The second-order valence-electron chi connectivity index (χ2n) is 6.24. The summed E-state index contributed by atoms with van der Waals surface area (Å²) >= 11 is 3.17. The number of amides is 1. The van der Waals surface area contributed by atoms with Gasteiger partial charge in [0.25, 0.3) is 5.91 Å². The molecule has 1 saturated carbocycles. The number of nitrogens with two attached hydrogens (primary N) is 1. The van der Waals surface area contributed by atoms with Gasteiger partial charge in [0.2, 0.25) is 0 Å². The summed E-state index contributed by atoms with van der Waals surface area (Å²) in [6.07, 6.45) is 3.94. The smallest absolute Gasteiger partial charge is 0.261 e. The molecule has 1 aromatic carbocycles. The van der Waals surface area contributed by atoms with Crippen LogP contribution in [0.25, 0.3) is 20.1 Å². The standard InChI is InChI=1S/C18H19N3OS2.ClH/c19-11-5-7-12(8-6-11)20-17(22)15-9-10-16(23-15)18-21-13-3-1-2-4-14(13)24-18;/h1-4,9-12H,5-8,19H2,(H,20,22);1H. The summed E-state index contributed by atoms with van der Waals surface area (Å²) < 4.78 is 1.17. The van der Waals surface area contributed by atoms with Crippen LogP contribution in [0.5, 0.6) is 0 Å². The average Bonchev–Trinajstić information content (AvgIpc) is 3.23. The Labute approximate surface area is 160 Å². The van der Waals surface area contributed by atoms with Gasteiger partial charge in [-0.25, -0.2) is 4.98 Å². The molecule has 0 aliphatic heterocycles. The number of carbonyl (C=O) groups excluding carboxylic acids is 1. The van der Waals surface area contributed by atoms with Crippen LogP contribution in [0, 0.1) is 0 Å². The Balaban J connectivity index is 0.00000182. The fraction of sp³-hybridized carbons (Fsp3) is 0.333. The molecule has 0 spiro atoms. The molecule has 4 nitrogen and oxygen atoms in total. The fourth-order valence-electron chi connectivity index (χ4n) is 3.07. The molecule has 7 heteroatoms. The van der Waals surface area contributed by atoms with Crippen molar-refractivity contribution in [2.45, 2.75) is 37.8 Å². The van der Waals surface area contributed by atoms with E-state index in [1.54, 1.807) is 11.3 Å². The largest absolute Gasteiger partial charge is 0.349 e. The zero-order chi connectivity index (χ0) is 16.5. The zero-order valence-electron chi connectivity index (χ0n) is 13.6. The van der Waals surface area contributed by atoms with Crippen molar-refractivity contribution in [1.82, 2.24) is 10.3 Å². The van der Waals surface area contributed by atoms with Crippen molar-refractivity contribution < 1.29 is 4.79 Å². The third-order valence-corrected chi connectivity index (χ3v) is 6.73. The normalized spacial score (nSPS) is 20.2. The van der Waals surface area contributed by atoms with Crippen LogP contribution in [0.4, 0.5) is 0 Å². The van der Waals surface area contributed by atoms with Gasteiger partial charge in [-0.1, -0.05) is 12.1 Å². The molecule has 3 N–H and O–H groups in total. The van der Waals surface area contributed by atoms with Crippen molar-refractivity contribution in [3.05, 3.63) is 41.3 Å². The number of aromatic nitrogens is 1. The fourth-order valence-corrected chi connectivity index (χ4v) is 5.00. The van der Waals surface area contributed by atoms with Crippen molar-refractivity contribution in [3.63, 3.8) is 0 Å². The average molecular weight is 394 g/mol. The number of thiazole rings is 1. The summed E-state index contributed by atoms with van der Waals surface area (Å²) in [4.78, 5) is 18.9. The highest BCUT2D eigenvalue weighted by atomic mass is 35.5. The molecule has 2 aromatic heterocycles. The number of para-hydroxylation sites is 1. The van der Waals surface area contributed by atoms with Crippen LogP contribution in [0.3, 0.4) is 0 Å². The van der Waals surface area contributed by atoms with Crippen LogP contribution in [0.1, 0.15) is 35.4 Å². The van der Waals surface area contributed by atoms with E-state index in [9.17, 15) is 4.79 Å². The molecule has 0 bridgehead atoms. The minimum absolute atomic E-state index is 0. The predicted molar refractivity (Wildman–Crippen MR) is 108 cm³/mol. The van der Waals surface area contributed by atoms with E-state index >= 15 is 0 Å². The Morgan fingerprint density at radius 1 is 1.08 bits per heavy atom. The van der Waals surface area contributed by atoms with Crippen molar-refractivity contribution in [2.75, 3.05) is 0 Å². The zero-order valence-corrected chi connectivity index (χ0v) is 16.1. The maximum absolute atomic E-state index is 12.5. The highest BCUT2D eigenvalue weighted by molar-refractivity contribution is 7.26. The first-order chi connectivity index (χ1) is 11.7. The van der Waals surface area contributed by atoms with Crippen LogP contribution in [0.15, 0.2) is 36.4 Å². The number of hydrogen-bond donors (Lipinski definition) is 2. The first-order valence-corrected chi connectivity index (χ1v) is 9.84. The minimum Gasteiger partial charge on any atom is -0.349 e. The summed E-state index contributed by atoms with van der Waals surface area (Å²) in [6, 6.07) is 12.6. The molecule has 1 aliphatic rings. The molecule has 1 amide bonds. The predicted octanol–water partition coefficient (Wildman–Crippen LogP) is 4.45. The van der Waals surface area contributed by atoms with Gasteiger partial charge in [0.15, 0.2) is 0 Å². The summed E-state index contributed by atoms with van der Waals surface area (Å²) in [5.41, 5.74) is 6.93. The van der Waals surface area contributed by atoms with Crippen molar-refractivity contribution >= 4 is 51.2 Å². The molecule has 0 radical (unpaired) electrons. The number of rotatable bonds is 3.